The van der Waals surface area contributed by atoms with Gasteiger partial charge in [-0.1, -0.05) is 24.3 Å². The zero-order chi connectivity index (χ0) is 9.97. The fraction of sp³-hybridized carbons (Fsp3) is 0.0833. The molecule has 0 saturated heterocycles. The molecule has 0 unspecified atom stereocenters. The molecule has 0 aliphatic heterocycles. The molecule has 1 aromatic carbocycles. The van der Waals surface area contributed by atoms with Crippen molar-refractivity contribution < 1.29 is 4.39 Å². The number of halogens is 1. The second kappa shape index (κ2) is 3.58. The SMILES string of the molecule is CC(F)=Cc1cccc2cccnc12. The van der Waals surface area contributed by atoms with E-state index in [1.54, 1.807) is 6.20 Å². The third-order valence-electron chi connectivity index (χ3n) is 2.02. The first kappa shape index (κ1) is 8.88. The van der Waals surface area contributed by atoms with E-state index in [-0.39, 0.29) is 5.83 Å². The van der Waals surface area contributed by atoms with Crippen LogP contribution in [0.25, 0.3) is 17.0 Å². The molecule has 1 aromatic heterocycles. The zero-order valence-electron chi connectivity index (χ0n) is 7.87. The second-order valence-corrected chi connectivity index (χ2v) is 3.15. The third-order valence-corrected chi connectivity index (χ3v) is 2.02. The molecule has 2 heteroatoms. The lowest BCUT2D eigenvalue weighted by molar-refractivity contribution is 0.648. The van der Waals surface area contributed by atoms with Crippen LogP contribution < -0.4 is 0 Å². The smallest absolute Gasteiger partial charge is 0.0975 e. The number of allylic oxidation sites excluding steroid dienone is 1. The van der Waals surface area contributed by atoms with Gasteiger partial charge < -0.3 is 0 Å². The lowest BCUT2D eigenvalue weighted by Gasteiger charge is -2.00. The fourth-order valence-corrected chi connectivity index (χ4v) is 1.46. The van der Waals surface area contributed by atoms with Crippen LogP contribution in [0.2, 0.25) is 0 Å². The maximum atomic E-state index is 12.7. The molecule has 2 rings (SSSR count). The number of rotatable bonds is 1. The summed E-state index contributed by atoms with van der Waals surface area (Å²) in [5, 5.41) is 1.03. The van der Waals surface area contributed by atoms with E-state index in [1.807, 2.05) is 30.3 Å². The monoisotopic (exact) mass is 187 g/mol. The highest BCUT2D eigenvalue weighted by atomic mass is 19.1. The number of hydrogen-bond acceptors (Lipinski definition) is 1. The number of pyridine rings is 1. The van der Waals surface area contributed by atoms with Crippen LogP contribution in [0.5, 0.6) is 0 Å². The first-order chi connectivity index (χ1) is 6.77. The summed E-state index contributed by atoms with van der Waals surface area (Å²) in [7, 11) is 0. The van der Waals surface area contributed by atoms with Gasteiger partial charge >= 0.3 is 0 Å². The topological polar surface area (TPSA) is 12.9 Å². The minimum atomic E-state index is -0.205. The summed E-state index contributed by atoms with van der Waals surface area (Å²) in [6.07, 6.45) is 3.21. The highest BCUT2D eigenvalue weighted by molar-refractivity contribution is 5.87. The van der Waals surface area contributed by atoms with Crippen molar-refractivity contribution in [3.05, 3.63) is 47.9 Å². The van der Waals surface area contributed by atoms with Gasteiger partial charge in [-0.05, 0) is 19.1 Å². The summed E-state index contributed by atoms with van der Waals surface area (Å²) in [5.74, 6) is -0.205. The second-order valence-electron chi connectivity index (χ2n) is 3.15. The molecule has 0 spiro atoms. The maximum absolute atomic E-state index is 12.7. The van der Waals surface area contributed by atoms with Gasteiger partial charge in [-0.15, -0.1) is 0 Å². The highest BCUT2D eigenvalue weighted by Gasteiger charge is 1.98. The van der Waals surface area contributed by atoms with Crippen molar-refractivity contribution in [1.82, 2.24) is 4.98 Å². The van der Waals surface area contributed by atoms with Crippen molar-refractivity contribution in [1.29, 1.82) is 0 Å². The Hall–Kier alpha value is -1.70. The van der Waals surface area contributed by atoms with E-state index in [0.29, 0.717) is 0 Å². The van der Waals surface area contributed by atoms with Crippen LogP contribution in [0.3, 0.4) is 0 Å². The Labute approximate surface area is 81.9 Å². The van der Waals surface area contributed by atoms with Crippen molar-refractivity contribution in [2.24, 2.45) is 0 Å². The summed E-state index contributed by atoms with van der Waals surface area (Å²) in [4.78, 5) is 4.22. The molecule has 0 amide bonds. The zero-order valence-corrected chi connectivity index (χ0v) is 7.87. The minimum Gasteiger partial charge on any atom is -0.256 e. The molecular formula is C12H10FN. The molecule has 0 N–H and O–H groups in total. The van der Waals surface area contributed by atoms with Crippen LogP contribution in [-0.2, 0) is 0 Å². The summed E-state index contributed by atoms with van der Waals surface area (Å²) in [6.45, 7) is 1.43. The van der Waals surface area contributed by atoms with Crippen molar-refractivity contribution in [3.8, 4) is 0 Å². The lowest BCUT2D eigenvalue weighted by atomic mass is 10.1. The summed E-state index contributed by atoms with van der Waals surface area (Å²) < 4.78 is 12.7. The van der Waals surface area contributed by atoms with E-state index in [1.165, 1.54) is 13.0 Å². The maximum Gasteiger partial charge on any atom is 0.0975 e. The van der Waals surface area contributed by atoms with Crippen LogP contribution in [0.1, 0.15) is 12.5 Å². The molecular weight excluding hydrogens is 177 g/mol. The molecule has 70 valence electrons. The molecule has 0 aliphatic rings. The average molecular weight is 187 g/mol. The van der Waals surface area contributed by atoms with Crippen molar-refractivity contribution in [2.45, 2.75) is 6.92 Å². The Bertz CT molecular complexity index is 479. The lowest BCUT2D eigenvalue weighted by Crippen LogP contribution is -1.82. The van der Waals surface area contributed by atoms with Gasteiger partial charge in [0.2, 0.25) is 0 Å². The number of benzene rings is 1. The van der Waals surface area contributed by atoms with E-state index >= 15 is 0 Å². The van der Waals surface area contributed by atoms with Gasteiger partial charge in [0.25, 0.3) is 0 Å². The Kier molecular flexibility index (Phi) is 2.27. The van der Waals surface area contributed by atoms with E-state index in [2.05, 4.69) is 4.98 Å². The summed E-state index contributed by atoms with van der Waals surface area (Å²) in [5.41, 5.74) is 1.66. The van der Waals surface area contributed by atoms with Crippen LogP contribution in [0.4, 0.5) is 4.39 Å². The van der Waals surface area contributed by atoms with E-state index in [9.17, 15) is 4.39 Å². The molecule has 0 atom stereocenters. The van der Waals surface area contributed by atoms with Crippen LogP contribution >= 0.6 is 0 Å². The number of aromatic nitrogens is 1. The fourth-order valence-electron chi connectivity index (χ4n) is 1.46. The number of para-hydroxylation sites is 1. The number of hydrogen-bond donors (Lipinski definition) is 0. The molecule has 0 bridgehead atoms. The Morgan fingerprint density at radius 2 is 2.07 bits per heavy atom. The predicted molar refractivity (Wildman–Crippen MR) is 56.5 cm³/mol. The normalized spacial score (nSPS) is 12.0. The molecule has 0 radical (unpaired) electrons. The van der Waals surface area contributed by atoms with Gasteiger partial charge in [-0.2, -0.15) is 0 Å². The molecule has 0 saturated carbocycles. The number of nitrogens with zero attached hydrogens (tertiary/aromatic N) is 1. The molecule has 1 nitrogen and oxygen atoms in total. The van der Waals surface area contributed by atoms with Gasteiger partial charge in [0.15, 0.2) is 0 Å². The largest absolute Gasteiger partial charge is 0.256 e. The predicted octanol–water partition coefficient (Wildman–Crippen LogP) is 3.57. The first-order valence-corrected chi connectivity index (χ1v) is 4.45. The van der Waals surface area contributed by atoms with Gasteiger partial charge in [0, 0.05) is 17.1 Å². The minimum absolute atomic E-state index is 0.205. The summed E-state index contributed by atoms with van der Waals surface area (Å²) >= 11 is 0. The molecule has 2 aromatic rings. The van der Waals surface area contributed by atoms with E-state index < -0.39 is 0 Å². The Morgan fingerprint density at radius 3 is 2.86 bits per heavy atom. The van der Waals surface area contributed by atoms with Gasteiger partial charge in [-0.3, -0.25) is 4.98 Å². The average Bonchev–Trinajstić information content (AvgIpc) is 2.18. The third kappa shape index (κ3) is 1.64. The van der Waals surface area contributed by atoms with Crippen molar-refractivity contribution >= 4 is 17.0 Å². The van der Waals surface area contributed by atoms with Gasteiger partial charge in [-0.25, -0.2) is 4.39 Å². The van der Waals surface area contributed by atoms with Crippen molar-refractivity contribution in [3.63, 3.8) is 0 Å². The molecule has 1 heterocycles. The first-order valence-electron chi connectivity index (χ1n) is 4.45. The van der Waals surface area contributed by atoms with Crippen molar-refractivity contribution in [2.75, 3.05) is 0 Å². The highest BCUT2D eigenvalue weighted by Crippen LogP contribution is 2.18. The summed E-state index contributed by atoms with van der Waals surface area (Å²) in [6, 6.07) is 9.57. The number of fused-ring (bicyclic) bond motifs is 1. The standard InChI is InChI=1S/C12H10FN/c1-9(13)8-11-5-2-4-10-6-3-7-14-12(10)11/h2-8H,1H3. The van der Waals surface area contributed by atoms with E-state index in [0.717, 1.165) is 16.5 Å². The van der Waals surface area contributed by atoms with Gasteiger partial charge in [0.1, 0.15) is 0 Å². The van der Waals surface area contributed by atoms with E-state index in [4.69, 9.17) is 0 Å². The Morgan fingerprint density at radius 1 is 1.29 bits per heavy atom. The van der Waals surface area contributed by atoms with Crippen LogP contribution in [-0.4, -0.2) is 4.98 Å². The van der Waals surface area contributed by atoms with Crippen LogP contribution in [0.15, 0.2) is 42.4 Å². The molecule has 0 fully saturated rings. The quantitative estimate of drug-likeness (QED) is 0.665. The molecule has 0 aliphatic carbocycles. The van der Waals surface area contributed by atoms with Gasteiger partial charge in [0.05, 0.1) is 11.3 Å². The van der Waals surface area contributed by atoms with Crippen LogP contribution in [0, 0.1) is 0 Å². The Balaban J connectivity index is 2.71. The molecule has 14 heavy (non-hydrogen) atoms.